The van der Waals surface area contributed by atoms with Crippen molar-refractivity contribution < 1.29 is 23.5 Å². The minimum absolute atomic E-state index is 0.125. The van der Waals surface area contributed by atoms with Gasteiger partial charge in [0.25, 0.3) is 0 Å². The fourth-order valence-electron chi connectivity index (χ4n) is 5.80. The quantitative estimate of drug-likeness (QED) is 0.299. The van der Waals surface area contributed by atoms with Gasteiger partial charge in [-0.15, -0.1) is 0 Å². The van der Waals surface area contributed by atoms with Crippen molar-refractivity contribution in [3.63, 3.8) is 0 Å². The van der Waals surface area contributed by atoms with Gasteiger partial charge in [0.1, 0.15) is 18.2 Å². The van der Waals surface area contributed by atoms with Crippen molar-refractivity contribution in [2.75, 3.05) is 45.9 Å². The van der Waals surface area contributed by atoms with Gasteiger partial charge in [0, 0.05) is 32.2 Å². The van der Waals surface area contributed by atoms with Crippen molar-refractivity contribution >= 4 is 12.0 Å². The van der Waals surface area contributed by atoms with E-state index in [1.807, 2.05) is 29.2 Å². The molecule has 2 aliphatic heterocycles. The van der Waals surface area contributed by atoms with Crippen molar-refractivity contribution in [2.24, 2.45) is 5.92 Å². The third-order valence-electron chi connectivity index (χ3n) is 8.28. The number of rotatable bonds is 14. The first-order valence-corrected chi connectivity index (χ1v) is 15.3. The fraction of sp³-hybridized carbons (Fsp3) is 0.576. The molecule has 0 radical (unpaired) electrons. The van der Waals surface area contributed by atoms with Crippen LogP contribution in [0.15, 0.2) is 48.5 Å². The van der Waals surface area contributed by atoms with E-state index in [1.54, 1.807) is 12.1 Å². The van der Waals surface area contributed by atoms with E-state index in [0.29, 0.717) is 45.1 Å². The normalized spacial score (nSPS) is 18.1. The van der Waals surface area contributed by atoms with Gasteiger partial charge in [-0.25, -0.2) is 9.18 Å². The lowest BCUT2D eigenvalue weighted by molar-refractivity contribution is -0.133. The molecule has 2 fully saturated rings. The first kappa shape index (κ1) is 30.8. The molecular weight excluding hydrogens is 521 g/mol. The summed E-state index contributed by atoms with van der Waals surface area (Å²) in [7, 11) is 0. The zero-order chi connectivity index (χ0) is 29.2. The zero-order valence-electron chi connectivity index (χ0n) is 24.9. The molecule has 2 aliphatic rings. The fourth-order valence-corrected chi connectivity index (χ4v) is 5.80. The Morgan fingerprint density at radius 3 is 2.39 bits per heavy atom. The van der Waals surface area contributed by atoms with Crippen LogP contribution in [0.2, 0.25) is 0 Å². The molecular formula is C33H46FN3O4. The highest BCUT2D eigenvalue weighted by atomic mass is 19.1. The number of halogens is 1. The Bertz CT molecular complexity index is 1100. The molecule has 2 amide bonds. The number of hydrogen-bond donors (Lipinski definition) is 0. The molecule has 2 heterocycles. The van der Waals surface area contributed by atoms with Crippen LogP contribution in [-0.2, 0) is 22.4 Å². The lowest BCUT2D eigenvalue weighted by Gasteiger charge is -2.39. The summed E-state index contributed by atoms with van der Waals surface area (Å²) in [6, 6.07) is 14.7. The van der Waals surface area contributed by atoms with Crippen LogP contribution in [0.4, 0.5) is 9.18 Å². The standard InChI is InChI=1S/C33H46FN3O4/c1-4-22-40-30-12-8-27(9-13-30)23-32(38)36(21-14-26-6-10-28(34)11-7-26)29-15-19-35(20-16-29)17-5-18-37-31(25(2)3)24-41-33(37)39/h6-13,25,29,31H,4-5,14-24H2,1-3H3/t31-/m1/s1. The van der Waals surface area contributed by atoms with Crippen molar-refractivity contribution in [2.45, 2.75) is 71.4 Å². The summed E-state index contributed by atoms with van der Waals surface area (Å²) in [4.78, 5) is 32.2. The van der Waals surface area contributed by atoms with Crippen LogP contribution in [0.1, 0.15) is 57.6 Å². The second-order valence-corrected chi connectivity index (χ2v) is 11.6. The maximum absolute atomic E-state index is 13.6. The van der Waals surface area contributed by atoms with Gasteiger partial charge in [-0.1, -0.05) is 45.0 Å². The number of amides is 2. The predicted molar refractivity (Wildman–Crippen MR) is 159 cm³/mol. The summed E-state index contributed by atoms with van der Waals surface area (Å²) in [6.45, 7) is 11.6. The summed E-state index contributed by atoms with van der Waals surface area (Å²) in [5.74, 6) is 1.08. The SMILES string of the molecule is CCCOc1ccc(CC(=O)N(CCc2ccc(F)cc2)C2CCN(CCCN3C(=O)OC[C@@H]3C(C)C)CC2)cc1. The number of hydrogen-bond acceptors (Lipinski definition) is 5. The van der Waals surface area contributed by atoms with E-state index in [-0.39, 0.29) is 29.9 Å². The van der Waals surface area contributed by atoms with Crippen LogP contribution < -0.4 is 4.74 Å². The molecule has 7 nitrogen and oxygen atoms in total. The maximum Gasteiger partial charge on any atom is 0.410 e. The minimum atomic E-state index is -0.248. The molecule has 4 rings (SSSR count). The van der Waals surface area contributed by atoms with Crippen LogP contribution in [0.5, 0.6) is 5.75 Å². The summed E-state index contributed by atoms with van der Waals surface area (Å²) in [6.07, 6.45) is 4.54. The van der Waals surface area contributed by atoms with E-state index in [9.17, 15) is 14.0 Å². The van der Waals surface area contributed by atoms with Crippen molar-refractivity contribution in [3.05, 3.63) is 65.5 Å². The van der Waals surface area contributed by atoms with E-state index in [1.165, 1.54) is 12.1 Å². The highest BCUT2D eigenvalue weighted by Gasteiger charge is 2.34. The topological polar surface area (TPSA) is 62.3 Å². The predicted octanol–water partition coefficient (Wildman–Crippen LogP) is 5.56. The monoisotopic (exact) mass is 567 g/mol. The Hall–Kier alpha value is -3.13. The largest absolute Gasteiger partial charge is 0.494 e. The molecule has 0 bridgehead atoms. The number of cyclic esters (lactones) is 1. The summed E-state index contributed by atoms with van der Waals surface area (Å²) < 4.78 is 24.4. The third kappa shape index (κ3) is 8.93. The van der Waals surface area contributed by atoms with Gasteiger partial charge in [0.05, 0.1) is 19.1 Å². The summed E-state index contributed by atoms with van der Waals surface area (Å²) in [5, 5.41) is 0. The molecule has 0 saturated carbocycles. The van der Waals surface area contributed by atoms with Gasteiger partial charge >= 0.3 is 6.09 Å². The number of carbonyl (C=O) groups excluding carboxylic acids is 2. The molecule has 224 valence electrons. The van der Waals surface area contributed by atoms with E-state index >= 15 is 0 Å². The average molecular weight is 568 g/mol. The molecule has 0 spiro atoms. The van der Waals surface area contributed by atoms with Gasteiger partial charge in [-0.2, -0.15) is 0 Å². The molecule has 0 aromatic heterocycles. The second-order valence-electron chi connectivity index (χ2n) is 11.6. The Morgan fingerprint density at radius 1 is 1.05 bits per heavy atom. The second kappa shape index (κ2) is 15.2. The van der Waals surface area contributed by atoms with Gasteiger partial charge in [0.15, 0.2) is 0 Å². The highest BCUT2D eigenvalue weighted by molar-refractivity contribution is 5.79. The van der Waals surface area contributed by atoms with Crippen LogP contribution in [0.25, 0.3) is 0 Å². The number of nitrogens with zero attached hydrogens (tertiary/aromatic N) is 3. The first-order chi connectivity index (χ1) is 19.8. The van der Waals surface area contributed by atoms with Crippen LogP contribution >= 0.6 is 0 Å². The van der Waals surface area contributed by atoms with Crippen molar-refractivity contribution in [3.8, 4) is 5.75 Å². The number of ether oxygens (including phenoxy) is 2. The van der Waals surface area contributed by atoms with Gasteiger partial charge < -0.3 is 24.2 Å². The van der Waals surface area contributed by atoms with E-state index in [2.05, 4.69) is 30.6 Å². The number of likely N-dealkylation sites (tertiary alicyclic amines) is 1. The lowest BCUT2D eigenvalue weighted by atomic mass is 10.00. The molecule has 2 saturated heterocycles. The molecule has 8 heteroatoms. The molecule has 0 unspecified atom stereocenters. The van der Waals surface area contributed by atoms with Gasteiger partial charge in [0.2, 0.25) is 5.91 Å². The number of piperidine rings is 1. The third-order valence-corrected chi connectivity index (χ3v) is 8.28. The molecule has 41 heavy (non-hydrogen) atoms. The van der Waals surface area contributed by atoms with E-state index in [0.717, 1.165) is 62.2 Å². The Morgan fingerprint density at radius 2 is 1.73 bits per heavy atom. The van der Waals surface area contributed by atoms with Crippen LogP contribution in [-0.4, -0.2) is 84.7 Å². The lowest BCUT2D eigenvalue weighted by Crippen LogP contribution is -2.49. The van der Waals surface area contributed by atoms with E-state index < -0.39 is 0 Å². The highest BCUT2D eigenvalue weighted by Crippen LogP contribution is 2.22. The minimum Gasteiger partial charge on any atom is -0.494 e. The maximum atomic E-state index is 13.6. The Balaban J connectivity index is 1.32. The first-order valence-electron chi connectivity index (χ1n) is 15.3. The van der Waals surface area contributed by atoms with Gasteiger partial charge in [-0.3, -0.25) is 4.79 Å². The molecule has 0 aliphatic carbocycles. The molecule has 1 atom stereocenters. The number of benzene rings is 2. The van der Waals surface area contributed by atoms with E-state index in [4.69, 9.17) is 9.47 Å². The van der Waals surface area contributed by atoms with Crippen LogP contribution in [0.3, 0.4) is 0 Å². The Kier molecular flexibility index (Phi) is 11.4. The average Bonchev–Trinajstić information content (AvgIpc) is 3.35. The number of carbonyl (C=O) groups is 2. The zero-order valence-corrected chi connectivity index (χ0v) is 24.9. The molecule has 2 aromatic carbocycles. The van der Waals surface area contributed by atoms with Crippen molar-refractivity contribution in [1.29, 1.82) is 0 Å². The van der Waals surface area contributed by atoms with Crippen LogP contribution in [0, 0.1) is 11.7 Å². The van der Waals surface area contributed by atoms with Crippen molar-refractivity contribution in [1.82, 2.24) is 14.7 Å². The van der Waals surface area contributed by atoms with Gasteiger partial charge in [-0.05, 0) is 80.0 Å². The smallest absolute Gasteiger partial charge is 0.410 e. The Labute approximate surface area is 244 Å². The summed E-state index contributed by atoms with van der Waals surface area (Å²) >= 11 is 0. The molecule has 2 aromatic rings. The molecule has 0 N–H and O–H groups in total. The summed E-state index contributed by atoms with van der Waals surface area (Å²) in [5.41, 5.74) is 2.00.